The van der Waals surface area contributed by atoms with E-state index in [1.54, 1.807) is 20.3 Å². The summed E-state index contributed by atoms with van der Waals surface area (Å²) in [5.74, 6) is 0.603. The first kappa shape index (κ1) is 16.3. The molecular weight excluding hydrogens is 258 g/mol. The molecule has 2 unspecified atom stereocenters. The number of rotatable bonds is 7. The SMILES string of the molecule is COc1cc(CC(C)CC(C)(N)C(=O)O)cc(OC)c1. The third-order valence-corrected chi connectivity index (χ3v) is 3.26. The lowest BCUT2D eigenvalue weighted by molar-refractivity contribution is -0.143. The molecule has 0 aliphatic heterocycles. The highest BCUT2D eigenvalue weighted by Gasteiger charge is 2.29. The van der Waals surface area contributed by atoms with Gasteiger partial charge < -0.3 is 20.3 Å². The second-order valence-electron chi connectivity index (χ2n) is 5.46. The van der Waals surface area contributed by atoms with Gasteiger partial charge in [0.05, 0.1) is 14.2 Å². The normalized spacial score (nSPS) is 15.2. The molecule has 5 nitrogen and oxygen atoms in total. The van der Waals surface area contributed by atoms with Crippen LogP contribution in [0.1, 0.15) is 25.8 Å². The average molecular weight is 281 g/mol. The third-order valence-electron chi connectivity index (χ3n) is 3.26. The van der Waals surface area contributed by atoms with E-state index in [4.69, 9.17) is 20.3 Å². The fourth-order valence-corrected chi connectivity index (χ4v) is 2.27. The van der Waals surface area contributed by atoms with Crippen LogP contribution in [0.3, 0.4) is 0 Å². The van der Waals surface area contributed by atoms with Gasteiger partial charge in [-0.25, -0.2) is 0 Å². The Morgan fingerprint density at radius 1 is 1.30 bits per heavy atom. The summed E-state index contributed by atoms with van der Waals surface area (Å²) < 4.78 is 10.4. The van der Waals surface area contributed by atoms with E-state index in [9.17, 15) is 4.79 Å². The van der Waals surface area contributed by atoms with Crippen molar-refractivity contribution in [2.45, 2.75) is 32.2 Å². The standard InChI is InChI=1S/C15H23NO4/c1-10(9-15(2,16)14(17)18)5-11-6-12(19-3)8-13(7-11)20-4/h6-8,10H,5,9,16H2,1-4H3,(H,17,18). The lowest BCUT2D eigenvalue weighted by atomic mass is 9.87. The summed E-state index contributed by atoms with van der Waals surface area (Å²) in [7, 11) is 3.20. The van der Waals surface area contributed by atoms with Crippen LogP contribution in [0.4, 0.5) is 0 Å². The number of hydrogen-bond donors (Lipinski definition) is 2. The van der Waals surface area contributed by atoms with Crippen LogP contribution in [-0.2, 0) is 11.2 Å². The molecule has 0 aliphatic carbocycles. The molecule has 1 aromatic carbocycles. The summed E-state index contributed by atoms with van der Waals surface area (Å²) in [4.78, 5) is 11.0. The molecule has 0 aliphatic rings. The molecule has 3 N–H and O–H groups in total. The van der Waals surface area contributed by atoms with E-state index in [2.05, 4.69) is 0 Å². The summed E-state index contributed by atoms with van der Waals surface area (Å²) in [5.41, 5.74) is 5.61. The summed E-state index contributed by atoms with van der Waals surface area (Å²) in [6.45, 7) is 3.53. The second-order valence-corrected chi connectivity index (χ2v) is 5.46. The van der Waals surface area contributed by atoms with Gasteiger partial charge in [-0.05, 0) is 43.4 Å². The number of methoxy groups -OCH3 is 2. The molecule has 0 radical (unpaired) electrons. The quantitative estimate of drug-likeness (QED) is 0.799. The monoisotopic (exact) mass is 281 g/mol. The Hall–Kier alpha value is -1.75. The molecule has 0 saturated carbocycles. The average Bonchev–Trinajstić information content (AvgIpc) is 2.37. The Kier molecular flexibility index (Phi) is 5.39. The van der Waals surface area contributed by atoms with Gasteiger partial charge in [0.1, 0.15) is 17.0 Å². The van der Waals surface area contributed by atoms with Crippen LogP contribution in [0.15, 0.2) is 18.2 Å². The summed E-state index contributed by atoms with van der Waals surface area (Å²) >= 11 is 0. The van der Waals surface area contributed by atoms with E-state index < -0.39 is 11.5 Å². The largest absolute Gasteiger partial charge is 0.497 e. The van der Waals surface area contributed by atoms with Crippen molar-refractivity contribution in [3.63, 3.8) is 0 Å². The molecule has 0 aromatic heterocycles. The molecular formula is C15H23NO4. The first-order valence-corrected chi connectivity index (χ1v) is 6.52. The molecule has 0 bridgehead atoms. The van der Waals surface area contributed by atoms with Gasteiger partial charge in [-0.1, -0.05) is 6.92 Å². The van der Waals surface area contributed by atoms with Crippen LogP contribution >= 0.6 is 0 Å². The summed E-state index contributed by atoms with van der Waals surface area (Å²) in [5, 5.41) is 9.06. The Bertz CT molecular complexity index is 449. The number of aliphatic carboxylic acids is 1. The molecule has 2 atom stereocenters. The maximum atomic E-state index is 11.0. The maximum Gasteiger partial charge on any atom is 0.323 e. The zero-order valence-corrected chi connectivity index (χ0v) is 12.5. The van der Waals surface area contributed by atoms with Crippen LogP contribution in [0.25, 0.3) is 0 Å². The number of carboxylic acids is 1. The summed E-state index contributed by atoms with van der Waals surface area (Å²) in [6, 6.07) is 5.65. The molecule has 1 rings (SSSR count). The van der Waals surface area contributed by atoms with Crippen LogP contribution < -0.4 is 15.2 Å². The summed E-state index contributed by atoms with van der Waals surface area (Å²) in [6.07, 6.45) is 1.12. The molecule has 20 heavy (non-hydrogen) atoms. The highest BCUT2D eigenvalue weighted by atomic mass is 16.5. The zero-order chi connectivity index (χ0) is 15.3. The van der Waals surface area contributed by atoms with Crippen molar-refractivity contribution >= 4 is 5.97 Å². The van der Waals surface area contributed by atoms with Gasteiger partial charge in [0.15, 0.2) is 0 Å². The number of benzene rings is 1. The Morgan fingerprint density at radius 3 is 2.20 bits per heavy atom. The minimum absolute atomic E-state index is 0.137. The molecule has 0 spiro atoms. The molecule has 5 heteroatoms. The lowest BCUT2D eigenvalue weighted by Gasteiger charge is -2.23. The predicted octanol–water partition coefficient (Wildman–Crippen LogP) is 2.07. The lowest BCUT2D eigenvalue weighted by Crippen LogP contribution is -2.46. The van der Waals surface area contributed by atoms with Crippen molar-refractivity contribution in [2.75, 3.05) is 14.2 Å². The van der Waals surface area contributed by atoms with E-state index in [0.717, 1.165) is 17.1 Å². The first-order chi connectivity index (χ1) is 9.28. The highest BCUT2D eigenvalue weighted by Crippen LogP contribution is 2.26. The van der Waals surface area contributed by atoms with Crippen molar-refractivity contribution in [1.29, 1.82) is 0 Å². The number of ether oxygens (including phenoxy) is 2. The van der Waals surface area contributed by atoms with E-state index in [0.29, 0.717) is 12.8 Å². The number of hydrogen-bond acceptors (Lipinski definition) is 4. The van der Waals surface area contributed by atoms with E-state index >= 15 is 0 Å². The van der Waals surface area contributed by atoms with Crippen molar-refractivity contribution in [3.05, 3.63) is 23.8 Å². The fraction of sp³-hybridized carbons (Fsp3) is 0.533. The van der Waals surface area contributed by atoms with Crippen molar-refractivity contribution in [2.24, 2.45) is 11.7 Å². The Labute approximate surface area is 119 Å². The maximum absolute atomic E-state index is 11.0. The highest BCUT2D eigenvalue weighted by molar-refractivity contribution is 5.77. The molecule has 112 valence electrons. The van der Waals surface area contributed by atoms with Gasteiger partial charge in [-0.15, -0.1) is 0 Å². The van der Waals surface area contributed by atoms with Gasteiger partial charge in [0, 0.05) is 6.07 Å². The number of carbonyl (C=O) groups is 1. The van der Waals surface area contributed by atoms with Crippen molar-refractivity contribution in [1.82, 2.24) is 0 Å². The van der Waals surface area contributed by atoms with Crippen LogP contribution in [0.2, 0.25) is 0 Å². The van der Waals surface area contributed by atoms with E-state index in [1.165, 1.54) is 6.92 Å². The number of carboxylic acid groups (broad SMARTS) is 1. The van der Waals surface area contributed by atoms with E-state index in [1.807, 2.05) is 19.1 Å². The third kappa shape index (κ3) is 4.42. The minimum Gasteiger partial charge on any atom is -0.497 e. The molecule has 0 amide bonds. The van der Waals surface area contributed by atoms with Crippen LogP contribution in [-0.4, -0.2) is 30.8 Å². The predicted molar refractivity (Wildman–Crippen MR) is 77.3 cm³/mol. The van der Waals surface area contributed by atoms with Crippen molar-refractivity contribution < 1.29 is 19.4 Å². The number of nitrogens with two attached hydrogens (primary N) is 1. The first-order valence-electron chi connectivity index (χ1n) is 6.52. The van der Waals surface area contributed by atoms with Gasteiger partial charge in [-0.2, -0.15) is 0 Å². The zero-order valence-electron chi connectivity index (χ0n) is 12.5. The van der Waals surface area contributed by atoms with E-state index in [-0.39, 0.29) is 5.92 Å². The van der Waals surface area contributed by atoms with Crippen LogP contribution in [0.5, 0.6) is 11.5 Å². The molecule has 0 saturated heterocycles. The van der Waals surface area contributed by atoms with Crippen LogP contribution in [0, 0.1) is 5.92 Å². The Balaban J connectivity index is 2.80. The smallest absolute Gasteiger partial charge is 0.323 e. The minimum atomic E-state index is -1.21. The second kappa shape index (κ2) is 6.61. The van der Waals surface area contributed by atoms with Gasteiger partial charge >= 0.3 is 5.97 Å². The van der Waals surface area contributed by atoms with Gasteiger partial charge in [0.2, 0.25) is 0 Å². The topological polar surface area (TPSA) is 81.8 Å². The Morgan fingerprint density at radius 2 is 1.80 bits per heavy atom. The fourth-order valence-electron chi connectivity index (χ4n) is 2.27. The van der Waals surface area contributed by atoms with Crippen molar-refractivity contribution in [3.8, 4) is 11.5 Å². The van der Waals surface area contributed by atoms with Gasteiger partial charge in [0.25, 0.3) is 0 Å². The molecule has 0 heterocycles. The molecule has 0 fully saturated rings. The van der Waals surface area contributed by atoms with Gasteiger partial charge in [-0.3, -0.25) is 4.79 Å². The molecule has 1 aromatic rings.